The predicted molar refractivity (Wildman–Crippen MR) is 81.2 cm³/mol. The first-order valence-electron chi connectivity index (χ1n) is 6.55. The largest absolute Gasteiger partial charge is 0.497 e. The number of ether oxygens (including phenoxy) is 2. The summed E-state index contributed by atoms with van der Waals surface area (Å²) >= 11 is 0. The van der Waals surface area contributed by atoms with E-state index in [-0.39, 0.29) is 12.5 Å². The molecule has 1 amide bonds. The number of carbonyl (C=O) groups is 1. The van der Waals surface area contributed by atoms with E-state index in [4.69, 9.17) is 15.2 Å². The summed E-state index contributed by atoms with van der Waals surface area (Å²) in [5.41, 5.74) is 7.20. The van der Waals surface area contributed by atoms with Gasteiger partial charge in [-0.3, -0.25) is 4.79 Å². The summed E-state index contributed by atoms with van der Waals surface area (Å²) in [6.07, 6.45) is 0. The quantitative estimate of drug-likeness (QED) is 0.796. The van der Waals surface area contributed by atoms with E-state index in [9.17, 15) is 4.79 Å². The van der Waals surface area contributed by atoms with Gasteiger partial charge in [-0.15, -0.1) is 0 Å². The van der Waals surface area contributed by atoms with Crippen LogP contribution in [0.25, 0.3) is 0 Å². The second-order valence-electron chi connectivity index (χ2n) is 4.49. The number of carbonyl (C=O) groups excluding carboxylic acids is 1. The Morgan fingerprint density at radius 2 is 1.90 bits per heavy atom. The molecule has 0 atom stereocenters. The van der Waals surface area contributed by atoms with Crippen molar-refractivity contribution in [2.24, 2.45) is 0 Å². The average molecular weight is 286 g/mol. The maximum absolute atomic E-state index is 11.7. The third-order valence-electron chi connectivity index (χ3n) is 2.85. The molecule has 0 unspecified atom stereocenters. The summed E-state index contributed by atoms with van der Waals surface area (Å²) in [6.45, 7) is 0.379. The van der Waals surface area contributed by atoms with Gasteiger partial charge in [0.2, 0.25) is 0 Å². The van der Waals surface area contributed by atoms with Crippen LogP contribution in [0.15, 0.2) is 48.5 Å². The number of anilines is 1. The van der Waals surface area contributed by atoms with Crippen molar-refractivity contribution in [3.63, 3.8) is 0 Å². The molecule has 2 rings (SSSR count). The van der Waals surface area contributed by atoms with Crippen molar-refractivity contribution < 1.29 is 14.3 Å². The zero-order valence-electron chi connectivity index (χ0n) is 11.8. The summed E-state index contributed by atoms with van der Waals surface area (Å²) in [7, 11) is 1.61. The molecule has 0 aromatic heterocycles. The van der Waals surface area contributed by atoms with Gasteiger partial charge < -0.3 is 20.5 Å². The van der Waals surface area contributed by atoms with Gasteiger partial charge in [-0.05, 0) is 29.8 Å². The summed E-state index contributed by atoms with van der Waals surface area (Å²) in [6, 6.07) is 14.5. The Bertz CT molecular complexity index is 614. The molecule has 0 aliphatic rings. The Balaban J connectivity index is 1.79. The minimum atomic E-state index is -0.194. The minimum Gasteiger partial charge on any atom is -0.497 e. The van der Waals surface area contributed by atoms with Crippen molar-refractivity contribution in [2.75, 3.05) is 19.5 Å². The Labute approximate surface area is 123 Å². The Morgan fingerprint density at radius 1 is 1.14 bits per heavy atom. The summed E-state index contributed by atoms with van der Waals surface area (Å²) in [5.74, 6) is 1.14. The lowest BCUT2D eigenvalue weighted by molar-refractivity contribution is -0.123. The molecule has 0 radical (unpaired) electrons. The second kappa shape index (κ2) is 7.19. The van der Waals surface area contributed by atoms with Crippen molar-refractivity contribution in [1.29, 1.82) is 0 Å². The van der Waals surface area contributed by atoms with Crippen LogP contribution in [0.1, 0.15) is 5.56 Å². The van der Waals surface area contributed by atoms with Crippen LogP contribution >= 0.6 is 0 Å². The highest BCUT2D eigenvalue weighted by atomic mass is 16.5. The van der Waals surface area contributed by atoms with Crippen LogP contribution in [0.4, 0.5) is 5.69 Å². The molecule has 0 spiro atoms. The number of amides is 1. The number of methoxy groups -OCH3 is 1. The molecule has 0 saturated carbocycles. The second-order valence-corrected chi connectivity index (χ2v) is 4.49. The molecule has 5 heteroatoms. The van der Waals surface area contributed by atoms with Gasteiger partial charge in [-0.2, -0.15) is 0 Å². The van der Waals surface area contributed by atoms with E-state index in [0.29, 0.717) is 18.0 Å². The fourth-order valence-electron chi connectivity index (χ4n) is 1.79. The monoisotopic (exact) mass is 286 g/mol. The van der Waals surface area contributed by atoms with Crippen molar-refractivity contribution in [1.82, 2.24) is 5.32 Å². The lowest BCUT2D eigenvalue weighted by Gasteiger charge is -2.08. The van der Waals surface area contributed by atoms with E-state index in [0.717, 1.165) is 11.3 Å². The SMILES string of the molecule is COc1cccc(CNC(=O)COc2cccc(N)c2)c1. The van der Waals surface area contributed by atoms with Gasteiger partial charge in [-0.25, -0.2) is 0 Å². The van der Waals surface area contributed by atoms with Gasteiger partial charge in [0.1, 0.15) is 11.5 Å². The number of nitrogens with one attached hydrogen (secondary N) is 1. The van der Waals surface area contributed by atoms with Crippen LogP contribution in [0.2, 0.25) is 0 Å². The Morgan fingerprint density at radius 3 is 2.67 bits per heavy atom. The van der Waals surface area contributed by atoms with Gasteiger partial charge in [0.15, 0.2) is 6.61 Å². The molecule has 0 aliphatic heterocycles. The summed E-state index contributed by atoms with van der Waals surface area (Å²) in [5, 5.41) is 2.78. The Hall–Kier alpha value is -2.69. The molecule has 2 aromatic carbocycles. The highest BCUT2D eigenvalue weighted by molar-refractivity contribution is 5.77. The molecular weight excluding hydrogens is 268 g/mol. The topological polar surface area (TPSA) is 73.6 Å². The first kappa shape index (κ1) is 14.7. The third kappa shape index (κ3) is 4.72. The maximum atomic E-state index is 11.7. The average Bonchev–Trinajstić information content (AvgIpc) is 2.51. The first-order chi connectivity index (χ1) is 10.2. The number of rotatable bonds is 6. The fraction of sp³-hybridized carbons (Fsp3) is 0.188. The van der Waals surface area contributed by atoms with E-state index in [1.807, 2.05) is 24.3 Å². The highest BCUT2D eigenvalue weighted by Gasteiger charge is 2.03. The van der Waals surface area contributed by atoms with Crippen molar-refractivity contribution in [3.8, 4) is 11.5 Å². The van der Waals surface area contributed by atoms with E-state index in [2.05, 4.69) is 5.32 Å². The van der Waals surface area contributed by atoms with Crippen LogP contribution in [0.5, 0.6) is 11.5 Å². The Kier molecular flexibility index (Phi) is 5.04. The molecule has 0 bridgehead atoms. The number of hydrogen-bond acceptors (Lipinski definition) is 4. The number of benzene rings is 2. The molecule has 0 heterocycles. The fourth-order valence-corrected chi connectivity index (χ4v) is 1.79. The van der Waals surface area contributed by atoms with Crippen LogP contribution < -0.4 is 20.5 Å². The van der Waals surface area contributed by atoms with E-state index in [1.54, 1.807) is 31.4 Å². The summed E-state index contributed by atoms with van der Waals surface area (Å²) < 4.78 is 10.5. The van der Waals surface area contributed by atoms with Crippen LogP contribution in [-0.4, -0.2) is 19.6 Å². The number of nitrogen functional groups attached to an aromatic ring is 1. The van der Waals surface area contributed by atoms with E-state index in [1.165, 1.54) is 0 Å². The zero-order valence-corrected chi connectivity index (χ0v) is 11.8. The summed E-state index contributed by atoms with van der Waals surface area (Å²) in [4.78, 5) is 11.7. The van der Waals surface area contributed by atoms with Crippen LogP contribution in [0.3, 0.4) is 0 Å². The van der Waals surface area contributed by atoms with E-state index < -0.39 is 0 Å². The highest BCUT2D eigenvalue weighted by Crippen LogP contribution is 2.14. The normalized spacial score (nSPS) is 9.95. The van der Waals surface area contributed by atoms with Crippen LogP contribution in [-0.2, 0) is 11.3 Å². The standard InChI is InChI=1S/C16H18N2O3/c1-20-14-6-2-4-12(8-14)10-18-16(19)11-21-15-7-3-5-13(17)9-15/h2-9H,10-11,17H2,1H3,(H,18,19). The molecule has 0 aliphatic carbocycles. The van der Waals surface area contributed by atoms with E-state index >= 15 is 0 Å². The van der Waals surface area contributed by atoms with Crippen LogP contribution in [0, 0.1) is 0 Å². The third-order valence-corrected chi connectivity index (χ3v) is 2.85. The van der Waals surface area contributed by atoms with Gasteiger partial charge in [-0.1, -0.05) is 18.2 Å². The molecule has 0 saturated heterocycles. The molecule has 110 valence electrons. The smallest absolute Gasteiger partial charge is 0.258 e. The number of hydrogen-bond donors (Lipinski definition) is 2. The van der Waals surface area contributed by atoms with Gasteiger partial charge in [0.05, 0.1) is 7.11 Å². The lowest BCUT2D eigenvalue weighted by Crippen LogP contribution is -2.28. The van der Waals surface area contributed by atoms with Gasteiger partial charge in [0.25, 0.3) is 5.91 Å². The molecule has 3 N–H and O–H groups in total. The molecule has 2 aromatic rings. The maximum Gasteiger partial charge on any atom is 0.258 e. The van der Waals surface area contributed by atoms with Gasteiger partial charge >= 0.3 is 0 Å². The number of nitrogens with two attached hydrogens (primary N) is 1. The molecule has 0 fully saturated rings. The molecular formula is C16H18N2O3. The molecule has 5 nitrogen and oxygen atoms in total. The van der Waals surface area contributed by atoms with Crippen molar-refractivity contribution >= 4 is 11.6 Å². The zero-order chi connectivity index (χ0) is 15.1. The van der Waals surface area contributed by atoms with Crippen molar-refractivity contribution in [2.45, 2.75) is 6.54 Å². The first-order valence-corrected chi connectivity index (χ1v) is 6.55. The predicted octanol–water partition coefficient (Wildman–Crippen LogP) is 1.97. The lowest BCUT2D eigenvalue weighted by atomic mass is 10.2. The van der Waals surface area contributed by atoms with Crippen molar-refractivity contribution in [3.05, 3.63) is 54.1 Å². The molecule has 21 heavy (non-hydrogen) atoms. The van der Waals surface area contributed by atoms with Gasteiger partial charge in [0, 0.05) is 18.3 Å². The minimum absolute atomic E-state index is 0.0482.